The van der Waals surface area contributed by atoms with Crippen molar-refractivity contribution >= 4 is 32.7 Å². The van der Waals surface area contributed by atoms with Crippen molar-refractivity contribution in [2.24, 2.45) is 5.92 Å². The maximum atomic E-state index is 12.7. The van der Waals surface area contributed by atoms with Crippen LogP contribution in [0, 0.1) is 5.92 Å². The summed E-state index contributed by atoms with van der Waals surface area (Å²) in [4.78, 5) is 31.4. The molecule has 1 aromatic heterocycles. The Labute approximate surface area is 142 Å². The Balaban J connectivity index is 1.54. The first kappa shape index (κ1) is 14.9. The van der Waals surface area contributed by atoms with Crippen LogP contribution in [0.15, 0.2) is 33.8 Å². The molecule has 1 amide bonds. The summed E-state index contributed by atoms with van der Waals surface area (Å²) in [6.07, 6.45) is 5.35. The Kier molecular flexibility index (Phi) is 3.71. The molecular formula is C17H18BrN3O2. The fourth-order valence-electron chi connectivity index (χ4n) is 3.58. The predicted molar refractivity (Wildman–Crippen MR) is 91.3 cm³/mol. The molecule has 120 valence electrons. The van der Waals surface area contributed by atoms with Crippen LogP contribution in [0.1, 0.15) is 31.7 Å². The van der Waals surface area contributed by atoms with E-state index in [1.54, 1.807) is 10.9 Å². The summed E-state index contributed by atoms with van der Waals surface area (Å²) in [6.45, 7) is 1.79. The van der Waals surface area contributed by atoms with E-state index in [0.29, 0.717) is 10.9 Å². The van der Waals surface area contributed by atoms with Crippen molar-refractivity contribution in [2.45, 2.75) is 31.7 Å². The normalized spacial score (nSPS) is 24.0. The number of amides is 1. The van der Waals surface area contributed by atoms with Gasteiger partial charge in [-0.1, -0.05) is 15.9 Å². The van der Waals surface area contributed by atoms with E-state index in [0.717, 1.165) is 43.2 Å². The molecule has 0 unspecified atom stereocenters. The zero-order valence-corrected chi connectivity index (χ0v) is 14.3. The van der Waals surface area contributed by atoms with Crippen LogP contribution in [0.5, 0.6) is 0 Å². The molecule has 2 aromatic rings. The average molecular weight is 376 g/mol. The molecule has 23 heavy (non-hydrogen) atoms. The van der Waals surface area contributed by atoms with Crippen molar-refractivity contribution in [3.63, 3.8) is 0 Å². The Morgan fingerprint density at radius 3 is 2.70 bits per heavy atom. The van der Waals surface area contributed by atoms with Crippen molar-refractivity contribution in [3.05, 3.63) is 39.4 Å². The van der Waals surface area contributed by atoms with Gasteiger partial charge in [0.15, 0.2) is 0 Å². The summed E-state index contributed by atoms with van der Waals surface area (Å²) in [6, 6.07) is 5.63. The third kappa shape index (κ3) is 2.59. The maximum Gasteiger partial charge on any atom is 0.261 e. The first-order chi connectivity index (χ1) is 11.1. The van der Waals surface area contributed by atoms with Crippen molar-refractivity contribution in [1.82, 2.24) is 14.5 Å². The third-order valence-electron chi connectivity index (χ3n) is 5.02. The van der Waals surface area contributed by atoms with E-state index in [1.807, 2.05) is 23.1 Å². The van der Waals surface area contributed by atoms with Gasteiger partial charge in [0, 0.05) is 29.5 Å². The highest BCUT2D eigenvalue weighted by molar-refractivity contribution is 9.10. The SMILES string of the molecule is O=C(C1CC(n2cnc3ccc(Br)cc3c2=O)C1)N1CCCC1. The van der Waals surface area contributed by atoms with E-state index in [1.165, 1.54) is 0 Å². The van der Waals surface area contributed by atoms with E-state index >= 15 is 0 Å². The molecule has 2 heterocycles. The highest BCUT2D eigenvalue weighted by Crippen LogP contribution is 2.38. The standard InChI is InChI=1S/C17H18BrN3O2/c18-12-3-4-15-14(9-12)17(23)21(10-19-15)13-7-11(8-13)16(22)20-5-1-2-6-20/h3-4,9-11,13H,1-2,5-8H2. The maximum absolute atomic E-state index is 12.7. The number of rotatable bonds is 2. The minimum absolute atomic E-state index is 0.0200. The Bertz CT molecular complexity index is 820. The van der Waals surface area contributed by atoms with E-state index in [9.17, 15) is 9.59 Å². The second-order valence-corrected chi connectivity index (χ2v) is 7.39. The molecule has 0 bridgehead atoms. The summed E-state index contributed by atoms with van der Waals surface area (Å²) in [5.41, 5.74) is 0.687. The number of halogens is 1. The first-order valence-corrected chi connectivity index (χ1v) is 8.88. The molecule has 4 rings (SSSR count). The summed E-state index contributed by atoms with van der Waals surface area (Å²) in [5, 5.41) is 0.621. The monoisotopic (exact) mass is 375 g/mol. The molecular weight excluding hydrogens is 358 g/mol. The molecule has 0 atom stereocenters. The number of aromatic nitrogens is 2. The van der Waals surface area contributed by atoms with Gasteiger partial charge in [0.2, 0.25) is 5.91 Å². The predicted octanol–water partition coefficient (Wildman–Crippen LogP) is 2.73. The fraction of sp³-hybridized carbons (Fsp3) is 0.471. The van der Waals surface area contributed by atoms with Gasteiger partial charge in [-0.3, -0.25) is 14.2 Å². The summed E-state index contributed by atoms with van der Waals surface area (Å²) in [7, 11) is 0. The van der Waals surface area contributed by atoms with E-state index < -0.39 is 0 Å². The van der Waals surface area contributed by atoms with Gasteiger partial charge in [0.1, 0.15) is 0 Å². The number of carbonyl (C=O) groups is 1. The van der Waals surface area contributed by atoms with E-state index in [-0.39, 0.29) is 23.4 Å². The number of nitrogens with zero attached hydrogens (tertiary/aromatic N) is 3. The lowest BCUT2D eigenvalue weighted by molar-refractivity contribution is -0.138. The Morgan fingerprint density at radius 1 is 1.22 bits per heavy atom. The topological polar surface area (TPSA) is 55.2 Å². The molecule has 1 saturated carbocycles. The molecule has 1 aliphatic carbocycles. The van der Waals surface area contributed by atoms with Crippen LogP contribution >= 0.6 is 15.9 Å². The summed E-state index contributed by atoms with van der Waals surface area (Å²) >= 11 is 3.40. The van der Waals surface area contributed by atoms with Gasteiger partial charge in [-0.15, -0.1) is 0 Å². The molecule has 2 aliphatic rings. The van der Waals surface area contributed by atoms with Crippen LogP contribution in [0.25, 0.3) is 10.9 Å². The van der Waals surface area contributed by atoms with Gasteiger partial charge in [-0.25, -0.2) is 4.98 Å². The second-order valence-electron chi connectivity index (χ2n) is 6.47. The number of carbonyl (C=O) groups excluding carboxylic acids is 1. The molecule has 0 N–H and O–H groups in total. The number of hydrogen-bond acceptors (Lipinski definition) is 3. The largest absolute Gasteiger partial charge is 0.342 e. The van der Waals surface area contributed by atoms with Gasteiger partial charge < -0.3 is 4.90 Å². The Morgan fingerprint density at radius 2 is 1.96 bits per heavy atom. The van der Waals surface area contributed by atoms with Crippen LogP contribution in [0.4, 0.5) is 0 Å². The van der Waals surface area contributed by atoms with E-state index in [2.05, 4.69) is 20.9 Å². The highest BCUT2D eigenvalue weighted by Gasteiger charge is 2.38. The lowest BCUT2D eigenvalue weighted by Gasteiger charge is -2.37. The molecule has 1 saturated heterocycles. The lowest BCUT2D eigenvalue weighted by Crippen LogP contribution is -2.43. The fourth-order valence-corrected chi connectivity index (χ4v) is 3.94. The number of benzene rings is 1. The molecule has 1 aliphatic heterocycles. The quantitative estimate of drug-likeness (QED) is 0.810. The average Bonchev–Trinajstić information content (AvgIpc) is 3.03. The van der Waals surface area contributed by atoms with Gasteiger partial charge in [0.25, 0.3) is 5.56 Å². The van der Waals surface area contributed by atoms with Crippen molar-refractivity contribution in [2.75, 3.05) is 13.1 Å². The van der Waals surface area contributed by atoms with Gasteiger partial charge in [-0.05, 0) is 43.9 Å². The van der Waals surface area contributed by atoms with Crippen LogP contribution < -0.4 is 5.56 Å². The lowest BCUT2D eigenvalue weighted by atomic mass is 9.79. The summed E-state index contributed by atoms with van der Waals surface area (Å²) in [5.74, 6) is 0.339. The van der Waals surface area contributed by atoms with Gasteiger partial charge in [0.05, 0.1) is 17.2 Å². The minimum atomic E-state index is -0.0200. The summed E-state index contributed by atoms with van der Waals surface area (Å²) < 4.78 is 2.57. The zero-order valence-electron chi connectivity index (χ0n) is 12.7. The second kappa shape index (κ2) is 5.74. The Hall–Kier alpha value is -1.69. The van der Waals surface area contributed by atoms with Gasteiger partial charge >= 0.3 is 0 Å². The van der Waals surface area contributed by atoms with Crippen LogP contribution in [0.3, 0.4) is 0 Å². The van der Waals surface area contributed by atoms with Crippen molar-refractivity contribution in [1.29, 1.82) is 0 Å². The molecule has 0 spiro atoms. The van der Waals surface area contributed by atoms with Crippen LogP contribution in [-0.4, -0.2) is 33.4 Å². The van der Waals surface area contributed by atoms with Crippen molar-refractivity contribution < 1.29 is 4.79 Å². The van der Waals surface area contributed by atoms with Crippen LogP contribution in [-0.2, 0) is 4.79 Å². The van der Waals surface area contributed by atoms with Crippen LogP contribution in [0.2, 0.25) is 0 Å². The number of likely N-dealkylation sites (tertiary alicyclic amines) is 1. The molecule has 5 nitrogen and oxygen atoms in total. The third-order valence-corrected chi connectivity index (χ3v) is 5.51. The smallest absolute Gasteiger partial charge is 0.261 e. The first-order valence-electron chi connectivity index (χ1n) is 8.08. The number of fused-ring (bicyclic) bond motifs is 1. The number of hydrogen-bond donors (Lipinski definition) is 0. The highest BCUT2D eigenvalue weighted by atomic mass is 79.9. The zero-order chi connectivity index (χ0) is 16.0. The molecule has 0 radical (unpaired) electrons. The molecule has 2 fully saturated rings. The molecule has 1 aromatic carbocycles. The minimum Gasteiger partial charge on any atom is -0.342 e. The van der Waals surface area contributed by atoms with Gasteiger partial charge in [-0.2, -0.15) is 0 Å². The molecule has 6 heteroatoms. The van der Waals surface area contributed by atoms with E-state index in [4.69, 9.17) is 0 Å². The van der Waals surface area contributed by atoms with Crippen molar-refractivity contribution in [3.8, 4) is 0 Å².